The molecule has 1 fully saturated rings. The lowest BCUT2D eigenvalue weighted by atomic mass is 10.2. The molecule has 1 aromatic rings. The van der Waals surface area contributed by atoms with Crippen LogP contribution in [0.4, 0.5) is 0 Å². The maximum absolute atomic E-state index is 9.91. The first kappa shape index (κ1) is 16.5. The van der Waals surface area contributed by atoms with Crippen LogP contribution in [-0.2, 0) is 6.54 Å². The lowest BCUT2D eigenvalue weighted by Crippen LogP contribution is -2.36. The van der Waals surface area contributed by atoms with Gasteiger partial charge in [-0.25, -0.2) is 0 Å². The highest BCUT2D eigenvalue weighted by molar-refractivity contribution is 7.10. The van der Waals surface area contributed by atoms with Gasteiger partial charge in [-0.2, -0.15) is 0 Å². The SMILES string of the molecule is CN(C)CC1CC(O)CN1Cc1cc(C#CCCO)cs1. The van der Waals surface area contributed by atoms with E-state index < -0.39 is 0 Å². The Balaban J connectivity index is 1.95. The van der Waals surface area contributed by atoms with Gasteiger partial charge >= 0.3 is 0 Å². The van der Waals surface area contributed by atoms with Gasteiger partial charge in [0.2, 0.25) is 0 Å². The molecule has 0 spiro atoms. The van der Waals surface area contributed by atoms with Crippen LogP contribution in [-0.4, -0.2) is 66.0 Å². The predicted molar refractivity (Wildman–Crippen MR) is 86.3 cm³/mol. The summed E-state index contributed by atoms with van der Waals surface area (Å²) in [6, 6.07) is 2.54. The molecule has 0 aliphatic carbocycles. The Bertz CT molecular complexity index is 504. The molecule has 5 heteroatoms. The summed E-state index contributed by atoms with van der Waals surface area (Å²) in [5, 5.41) is 20.7. The molecule has 21 heavy (non-hydrogen) atoms. The van der Waals surface area contributed by atoms with Crippen LogP contribution in [0.25, 0.3) is 0 Å². The Kier molecular flexibility index (Phi) is 6.22. The molecule has 0 saturated carbocycles. The first-order valence-corrected chi connectivity index (χ1v) is 8.20. The van der Waals surface area contributed by atoms with E-state index in [1.54, 1.807) is 11.3 Å². The minimum Gasteiger partial charge on any atom is -0.395 e. The van der Waals surface area contributed by atoms with E-state index in [2.05, 4.69) is 47.2 Å². The summed E-state index contributed by atoms with van der Waals surface area (Å²) in [6.45, 7) is 2.72. The van der Waals surface area contributed by atoms with Crippen molar-refractivity contribution >= 4 is 11.3 Å². The number of β-amino-alcohol motifs (C(OH)–C–C–N with tert-alkyl or cyclic N) is 1. The van der Waals surface area contributed by atoms with Gasteiger partial charge in [0.05, 0.1) is 12.7 Å². The van der Waals surface area contributed by atoms with Crippen LogP contribution in [0.5, 0.6) is 0 Å². The second-order valence-electron chi connectivity index (χ2n) is 5.81. The molecule has 2 heterocycles. The molecular formula is C16H24N2O2S. The van der Waals surface area contributed by atoms with Crippen molar-refractivity contribution in [3.8, 4) is 11.8 Å². The van der Waals surface area contributed by atoms with Crippen molar-refractivity contribution < 1.29 is 10.2 Å². The van der Waals surface area contributed by atoms with E-state index in [1.807, 2.05) is 0 Å². The van der Waals surface area contributed by atoms with Crippen LogP contribution in [0, 0.1) is 11.8 Å². The molecule has 2 unspecified atom stereocenters. The zero-order valence-corrected chi connectivity index (χ0v) is 13.6. The largest absolute Gasteiger partial charge is 0.395 e. The topological polar surface area (TPSA) is 46.9 Å². The number of thiophene rings is 1. The highest BCUT2D eigenvalue weighted by Gasteiger charge is 2.31. The second-order valence-corrected chi connectivity index (χ2v) is 6.81. The van der Waals surface area contributed by atoms with Crippen LogP contribution < -0.4 is 0 Å². The van der Waals surface area contributed by atoms with E-state index in [1.165, 1.54) is 4.88 Å². The van der Waals surface area contributed by atoms with Crippen LogP contribution >= 0.6 is 11.3 Å². The van der Waals surface area contributed by atoms with Gasteiger partial charge in [-0.15, -0.1) is 11.3 Å². The molecule has 2 rings (SSSR count). The fraction of sp³-hybridized carbons (Fsp3) is 0.625. The predicted octanol–water partition coefficient (Wildman–Crippen LogP) is 0.979. The van der Waals surface area contributed by atoms with Crippen LogP contribution in [0.1, 0.15) is 23.3 Å². The standard InChI is InChI=1S/C16H24N2O2S/c1-17(2)9-14-8-15(20)10-18(14)11-16-7-13(12-21-16)5-3-4-6-19/h7,12,14-15,19-20H,4,6,8-11H2,1-2H3. The summed E-state index contributed by atoms with van der Waals surface area (Å²) in [6.07, 6.45) is 1.17. The monoisotopic (exact) mass is 308 g/mol. The van der Waals surface area contributed by atoms with Crippen molar-refractivity contribution in [3.63, 3.8) is 0 Å². The summed E-state index contributed by atoms with van der Waals surface area (Å²) in [7, 11) is 4.14. The van der Waals surface area contributed by atoms with E-state index in [-0.39, 0.29) is 12.7 Å². The molecule has 2 N–H and O–H groups in total. The maximum Gasteiger partial charge on any atom is 0.0682 e. The third-order valence-corrected chi connectivity index (χ3v) is 4.49. The van der Waals surface area contributed by atoms with Crippen molar-refractivity contribution in [2.24, 2.45) is 0 Å². The Morgan fingerprint density at radius 3 is 3.00 bits per heavy atom. The summed E-state index contributed by atoms with van der Waals surface area (Å²) < 4.78 is 0. The Hall–Kier alpha value is -0.900. The number of aliphatic hydroxyl groups excluding tert-OH is 2. The van der Waals surface area contributed by atoms with Crippen molar-refractivity contribution in [1.82, 2.24) is 9.80 Å². The Morgan fingerprint density at radius 2 is 2.29 bits per heavy atom. The fourth-order valence-corrected chi connectivity index (χ4v) is 3.55. The average molecular weight is 308 g/mol. The van der Waals surface area contributed by atoms with E-state index in [0.29, 0.717) is 12.5 Å². The molecule has 1 aliphatic heterocycles. The molecule has 1 aromatic heterocycles. The highest BCUT2D eigenvalue weighted by Crippen LogP contribution is 2.24. The summed E-state index contributed by atoms with van der Waals surface area (Å²) in [5.74, 6) is 6.01. The highest BCUT2D eigenvalue weighted by atomic mass is 32.1. The lowest BCUT2D eigenvalue weighted by molar-refractivity contribution is 0.170. The minimum atomic E-state index is -0.210. The number of hydrogen-bond acceptors (Lipinski definition) is 5. The Labute approximate surface area is 131 Å². The molecule has 0 bridgehead atoms. The number of aliphatic hydroxyl groups is 2. The van der Waals surface area contributed by atoms with Crippen LogP contribution in [0.2, 0.25) is 0 Å². The van der Waals surface area contributed by atoms with Gasteiger partial charge < -0.3 is 15.1 Å². The van der Waals surface area contributed by atoms with Crippen molar-refractivity contribution in [1.29, 1.82) is 0 Å². The third kappa shape index (κ3) is 5.10. The van der Waals surface area contributed by atoms with E-state index in [4.69, 9.17) is 5.11 Å². The van der Waals surface area contributed by atoms with Gasteiger partial charge in [-0.3, -0.25) is 4.90 Å². The van der Waals surface area contributed by atoms with E-state index in [0.717, 1.165) is 31.6 Å². The smallest absolute Gasteiger partial charge is 0.0682 e. The molecule has 0 radical (unpaired) electrons. The molecule has 4 nitrogen and oxygen atoms in total. The summed E-state index contributed by atoms with van der Waals surface area (Å²) in [4.78, 5) is 5.82. The third-order valence-electron chi connectivity index (χ3n) is 3.56. The fourth-order valence-electron chi connectivity index (χ4n) is 2.71. The number of nitrogens with zero attached hydrogens (tertiary/aromatic N) is 2. The van der Waals surface area contributed by atoms with E-state index in [9.17, 15) is 5.11 Å². The van der Waals surface area contributed by atoms with Gasteiger partial charge in [0.15, 0.2) is 0 Å². The average Bonchev–Trinajstić information content (AvgIpc) is 2.97. The molecule has 1 aliphatic rings. The van der Waals surface area contributed by atoms with Gasteiger partial charge in [0, 0.05) is 47.9 Å². The molecular weight excluding hydrogens is 284 g/mol. The van der Waals surface area contributed by atoms with Gasteiger partial charge in [0.25, 0.3) is 0 Å². The number of hydrogen-bond donors (Lipinski definition) is 2. The number of likely N-dealkylation sites (N-methyl/N-ethyl adjacent to an activating group) is 1. The first-order valence-electron chi connectivity index (χ1n) is 7.32. The van der Waals surface area contributed by atoms with Gasteiger partial charge in [0.1, 0.15) is 0 Å². The van der Waals surface area contributed by atoms with Gasteiger partial charge in [-0.1, -0.05) is 11.8 Å². The second kappa shape index (κ2) is 7.92. The molecule has 2 atom stereocenters. The van der Waals surface area contributed by atoms with Crippen LogP contribution in [0.15, 0.2) is 11.4 Å². The molecule has 1 saturated heterocycles. The Morgan fingerprint density at radius 1 is 1.48 bits per heavy atom. The minimum absolute atomic E-state index is 0.113. The number of rotatable bonds is 5. The van der Waals surface area contributed by atoms with E-state index >= 15 is 0 Å². The molecule has 116 valence electrons. The van der Waals surface area contributed by atoms with Gasteiger partial charge in [-0.05, 0) is 26.6 Å². The molecule has 0 aromatic carbocycles. The first-order chi connectivity index (χ1) is 10.1. The van der Waals surface area contributed by atoms with Crippen LogP contribution in [0.3, 0.4) is 0 Å². The van der Waals surface area contributed by atoms with Crippen molar-refractivity contribution in [2.45, 2.75) is 31.5 Å². The zero-order chi connectivity index (χ0) is 15.2. The normalized spacial score (nSPS) is 22.5. The summed E-state index contributed by atoms with van der Waals surface area (Å²) in [5.41, 5.74) is 1.02. The number of likely N-dealkylation sites (tertiary alicyclic amines) is 1. The lowest BCUT2D eigenvalue weighted by Gasteiger charge is -2.26. The van der Waals surface area contributed by atoms with Crippen molar-refractivity contribution in [3.05, 3.63) is 21.9 Å². The summed E-state index contributed by atoms with van der Waals surface area (Å²) >= 11 is 1.71. The zero-order valence-electron chi connectivity index (χ0n) is 12.7. The molecule has 0 amide bonds. The maximum atomic E-state index is 9.91. The quantitative estimate of drug-likeness (QED) is 0.796. The van der Waals surface area contributed by atoms with Crippen molar-refractivity contribution in [2.75, 3.05) is 33.8 Å².